The topological polar surface area (TPSA) is 93.0 Å². The second kappa shape index (κ2) is 15.1. The molecule has 6 rings (SSSR count). The standard InChI is InChI=1S/C32H54O9/c1-32(39-14-23-2-8-26(9-3-23)33-17-29-20-36-29,40-15-24-4-10-27(11-5-24)34-18-30-21-37-30)41-16-25-6-12-28(13-7-25)35-19-31-22-38-31/h23-31H,2-22H2,1H3. The Morgan fingerprint density at radius 2 is 0.707 bits per heavy atom. The molecule has 0 bridgehead atoms. The first kappa shape index (κ1) is 30.7. The summed E-state index contributed by atoms with van der Waals surface area (Å²) in [5.41, 5.74) is 0. The van der Waals surface area contributed by atoms with Gasteiger partial charge in [-0.2, -0.15) is 0 Å². The van der Waals surface area contributed by atoms with Crippen molar-refractivity contribution in [3.05, 3.63) is 0 Å². The molecule has 6 aliphatic rings. The molecule has 0 N–H and O–H groups in total. The highest BCUT2D eigenvalue weighted by molar-refractivity contribution is 4.78. The first-order chi connectivity index (χ1) is 20.1. The lowest BCUT2D eigenvalue weighted by atomic mass is 9.87. The molecule has 9 nitrogen and oxygen atoms in total. The molecule has 0 aromatic carbocycles. The Kier molecular flexibility index (Phi) is 11.3. The average Bonchev–Trinajstić information content (AvgIpc) is 3.86. The third kappa shape index (κ3) is 10.9. The second-order valence-corrected chi connectivity index (χ2v) is 13.6. The molecular formula is C32H54O9. The van der Waals surface area contributed by atoms with Crippen LogP contribution in [0.25, 0.3) is 0 Å². The van der Waals surface area contributed by atoms with E-state index in [0.717, 1.165) is 117 Å². The van der Waals surface area contributed by atoms with Crippen LogP contribution >= 0.6 is 0 Å². The fraction of sp³-hybridized carbons (Fsp3) is 1.00. The Balaban J connectivity index is 0.924. The summed E-state index contributed by atoms with van der Waals surface area (Å²) in [5, 5.41) is 0. The smallest absolute Gasteiger partial charge is 0.279 e. The molecule has 0 aromatic rings. The van der Waals surface area contributed by atoms with E-state index in [0.29, 0.717) is 74.2 Å². The molecule has 3 atom stereocenters. The summed E-state index contributed by atoms with van der Waals surface area (Å²) in [6, 6.07) is 0. The molecule has 41 heavy (non-hydrogen) atoms. The van der Waals surface area contributed by atoms with Gasteiger partial charge in [0.15, 0.2) is 0 Å². The molecule has 0 aromatic heterocycles. The van der Waals surface area contributed by atoms with Gasteiger partial charge in [-0.1, -0.05) is 0 Å². The van der Waals surface area contributed by atoms with Crippen LogP contribution in [0, 0.1) is 17.8 Å². The van der Waals surface area contributed by atoms with Gasteiger partial charge < -0.3 is 42.6 Å². The Morgan fingerprint density at radius 3 is 0.951 bits per heavy atom. The minimum atomic E-state index is -1.01. The number of epoxide rings is 3. The first-order valence-corrected chi connectivity index (χ1v) is 16.7. The Labute approximate surface area is 246 Å². The van der Waals surface area contributed by atoms with E-state index in [9.17, 15) is 0 Å². The van der Waals surface area contributed by atoms with Gasteiger partial charge in [0.2, 0.25) is 0 Å². The monoisotopic (exact) mass is 582 g/mol. The van der Waals surface area contributed by atoms with Crippen LogP contribution in [0.4, 0.5) is 0 Å². The summed E-state index contributed by atoms with van der Waals surface area (Å²) in [5.74, 6) is 0.545. The van der Waals surface area contributed by atoms with Crippen LogP contribution in [-0.4, -0.2) is 102 Å². The molecule has 236 valence electrons. The van der Waals surface area contributed by atoms with E-state index in [1.165, 1.54) is 0 Å². The summed E-state index contributed by atoms with van der Waals surface area (Å²) in [7, 11) is 0. The predicted molar refractivity (Wildman–Crippen MR) is 151 cm³/mol. The highest BCUT2D eigenvalue weighted by atomic mass is 16.9. The molecule has 3 aliphatic heterocycles. The fourth-order valence-electron chi connectivity index (χ4n) is 6.55. The lowest BCUT2D eigenvalue weighted by molar-refractivity contribution is -0.379. The molecular weight excluding hydrogens is 528 g/mol. The van der Waals surface area contributed by atoms with Crippen molar-refractivity contribution in [3.63, 3.8) is 0 Å². The third-order valence-corrected chi connectivity index (χ3v) is 9.89. The number of hydrogen-bond donors (Lipinski definition) is 0. The lowest BCUT2D eigenvalue weighted by Crippen LogP contribution is -2.41. The van der Waals surface area contributed by atoms with Crippen LogP contribution in [-0.2, 0) is 42.6 Å². The minimum Gasteiger partial charge on any atom is -0.375 e. The van der Waals surface area contributed by atoms with Crippen LogP contribution in [0.15, 0.2) is 0 Å². The van der Waals surface area contributed by atoms with Crippen molar-refractivity contribution in [1.82, 2.24) is 0 Å². The number of hydrogen-bond acceptors (Lipinski definition) is 9. The molecule has 3 unspecified atom stereocenters. The Bertz CT molecular complexity index is 648. The summed E-state index contributed by atoms with van der Waals surface area (Å²) >= 11 is 0. The molecule has 6 fully saturated rings. The van der Waals surface area contributed by atoms with Gasteiger partial charge in [0.25, 0.3) is 5.97 Å². The van der Waals surface area contributed by atoms with E-state index in [-0.39, 0.29) is 0 Å². The van der Waals surface area contributed by atoms with E-state index in [4.69, 9.17) is 42.6 Å². The Morgan fingerprint density at radius 1 is 0.439 bits per heavy atom. The average molecular weight is 583 g/mol. The second-order valence-electron chi connectivity index (χ2n) is 13.6. The lowest BCUT2D eigenvalue weighted by Gasteiger charge is -2.37. The van der Waals surface area contributed by atoms with Crippen molar-refractivity contribution in [1.29, 1.82) is 0 Å². The van der Waals surface area contributed by atoms with Crippen LogP contribution in [0.5, 0.6) is 0 Å². The van der Waals surface area contributed by atoms with Gasteiger partial charge >= 0.3 is 0 Å². The van der Waals surface area contributed by atoms with E-state index in [1.54, 1.807) is 0 Å². The van der Waals surface area contributed by atoms with Crippen molar-refractivity contribution in [2.45, 2.75) is 127 Å². The van der Waals surface area contributed by atoms with Crippen molar-refractivity contribution in [2.75, 3.05) is 59.5 Å². The zero-order valence-electron chi connectivity index (χ0n) is 25.2. The predicted octanol–water partition coefficient (Wildman–Crippen LogP) is 4.63. The maximum atomic E-state index is 6.50. The molecule has 0 radical (unpaired) electrons. The highest BCUT2D eigenvalue weighted by Gasteiger charge is 2.35. The van der Waals surface area contributed by atoms with Crippen LogP contribution < -0.4 is 0 Å². The van der Waals surface area contributed by atoms with Crippen LogP contribution in [0.2, 0.25) is 0 Å². The maximum absolute atomic E-state index is 6.50. The van der Waals surface area contributed by atoms with Crippen molar-refractivity contribution in [3.8, 4) is 0 Å². The molecule has 3 aliphatic carbocycles. The van der Waals surface area contributed by atoms with Crippen molar-refractivity contribution < 1.29 is 42.6 Å². The SMILES string of the molecule is CC(OCC1CCC(OCC2CO2)CC1)(OCC1CCC(OCC2CO2)CC1)OCC1CCC(OCC2CO2)CC1. The molecule has 0 spiro atoms. The van der Waals surface area contributed by atoms with E-state index in [2.05, 4.69) is 0 Å². The quantitative estimate of drug-likeness (QED) is 0.169. The first-order valence-electron chi connectivity index (χ1n) is 16.7. The molecule has 9 heteroatoms. The number of ether oxygens (including phenoxy) is 9. The maximum Gasteiger partial charge on any atom is 0.279 e. The summed E-state index contributed by atoms with van der Waals surface area (Å²) in [4.78, 5) is 0. The van der Waals surface area contributed by atoms with E-state index in [1.807, 2.05) is 6.92 Å². The summed E-state index contributed by atoms with van der Waals surface area (Å²) in [6.07, 6.45) is 15.4. The van der Waals surface area contributed by atoms with Gasteiger partial charge in [0.1, 0.15) is 18.3 Å². The zero-order valence-corrected chi connectivity index (χ0v) is 25.2. The molecule has 3 saturated carbocycles. The summed E-state index contributed by atoms with van der Waals surface area (Å²) in [6.45, 7) is 8.82. The van der Waals surface area contributed by atoms with E-state index < -0.39 is 5.97 Å². The van der Waals surface area contributed by atoms with Gasteiger partial charge in [0, 0.05) is 6.92 Å². The van der Waals surface area contributed by atoms with Gasteiger partial charge in [-0.25, -0.2) is 0 Å². The molecule has 3 heterocycles. The molecule has 3 saturated heterocycles. The van der Waals surface area contributed by atoms with Crippen LogP contribution in [0.1, 0.15) is 84.0 Å². The fourth-order valence-corrected chi connectivity index (χ4v) is 6.55. The van der Waals surface area contributed by atoms with Gasteiger partial charge in [-0.05, 0) is 94.8 Å². The third-order valence-electron chi connectivity index (χ3n) is 9.89. The minimum absolute atomic E-state index is 0.339. The van der Waals surface area contributed by atoms with Crippen molar-refractivity contribution >= 4 is 0 Å². The van der Waals surface area contributed by atoms with Gasteiger partial charge in [-0.3, -0.25) is 0 Å². The largest absolute Gasteiger partial charge is 0.375 e. The van der Waals surface area contributed by atoms with Crippen molar-refractivity contribution in [2.24, 2.45) is 17.8 Å². The highest BCUT2D eigenvalue weighted by Crippen LogP contribution is 2.33. The number of rotatable bonds is 18. The van der Waals surface area contributed by atoms with Gasteiger partial charge in [-0.15, -0.1) is 0 Å². The normalized spacial score (nSPS) is 40.2. The van der Waals surface area contributed by atoms with Crippen LogP contribution in [0.3, 0.4) is 0 Å². The Hall–Kier alpha value is -0.360. The van der Waals surface area contributed by atoms with Gasteiger partial charge in [0.05, 0.1) is 77.8 Å². The zero-order chi connectivity index (χ0) is 27.9. The molecule has 0 amide bonds. The summed E-state index contributed by atoms with van der Waals surface area (Å²) < 4.78 is 53.5. The van der Waals surface area contributed by atoms with E-state index >= 15 is 0 Å².